The number of hydrogen-bond donors (Lipinski definition) is 1. The molecule has 45 heavy (non-hydrogen) atoms. The third-order valence-corrected chi connectivity index (χ3v) is 7.37. The summed E-state index contributed by atoms with van der Waals surface area (Å²) in [5, 5.41) is 4.86. The number of para-hydroxylation sites is 1. The molecule has 0 fully saturated rings. The van der Waals surface area contributed by atoms with Gasteiger partial charge < -0.3 is 24.4 Å². The zero-order chi connectivity index (χ0) is 31.4. The van der Waals surface area contributed by atoms with E-state index in [1.807, 2.05) is 109 Å². The summed E-state index contributed by atoms with van der Waals surface area (Å²) < 4.78 is 15.8. The van der Waals surface area contributed by atoms with Crippen molar-refractivity contribution >= 4 is 34.8 Å². The summed E-state index contributed by atoms with van der Waals surface area (Å²) in [6, 6.07) is 35.7. The molecule has 0 saturated heterocycles. The maximum atomic E-state index is 13.8. The Bertz CT molecular complexity index is 1790. The van der Waals surface area contributed by atoms with E-state index in [-0.39, 0.29) is 11.3 Å². The minimum absolute atomic E-state index is 0.168. The molecule has 1 atom stereocenters. The lowest BCUT2D eigenvalue weighted by Gasteiger charge is -2.38. The van der Waals surface area contributed by atoms with Crippen molar-refractivity contribution in [2.75, 3.05) is 31.5 Å². The Morgan fingerprint density at radius 1 is 0.756 bits per heavy atom. The van der Waals surface area contributed by atoms with Gasteiger partial charge in [0.25, 0.3) is 11.5 Å². The second-order valence-electron chi connectivity index (χ2n) is 9.97. The van der Waals surface area contributed by atoms with Crippen LogP contribution in [0.4, 0.5) is 11.4 Å². The molecule has 10 nitrogen and oxygen atoms in total. The van der Waals surface area contributed by atoms with Gasteiger partial charge >= 0.3 is 11.9 Å². The van der Waals surface area contributed by atoms with Gasteiger partial charge in [-0.25, -0.2) is 14.6 Å². The molecule has 2 heterocycles. The first-order valence-corrected chi connectivity index (χ1v) is 14.1. The first-order valence-electron chi connectivity index (χ1n) is 14.1. The standard InChI is InChI=1S/C35H30N4O6/c1-42-28-21-19-27(20-22-28)38-23-29(24-13-7-4-8-14-24)39-35(38,30(33(40)43-2)31(45-39)34(41)44-3)37-32(25-15-9-5-10-16-25)36-26-17-11-6-12-18-26/h4-23H,1-3H3,(H,36,37). The monoisotopic (exact) mass is 602 g/mol. The third kappa shape index (κ3) is 5.22. The molecule has 0 bridgehead atoms. The highest BCUT2D eigenvalue weighted by Crippen LogP contribution is 2.52. The number of anilines is 2. The van der Waals surface area contributed by atoms with Crippen molar-refractivity contribution in [3.8, 4) is 5.75 Å². The number of ether oxygens (including phenoxy) is 3. The van der Waals surface area contributed by atoms with Crippen molar-refractivity contribution in [1.29, 1.82) is 0 Å². The van der Waals surface area contributed by atoms with Gasteiger partial charge in [0, 0.05) is 28.7 Å². The lowest BCUT2D eigenvalue weighted by atomic mass is 10.0. The van der Waals surface area contributed by atoms with Gasteiger partial charge in [-0.05, 0) is 36.4 Å². The van der Waals surface area contributed by atoms with Gasteiger partial charge in [-0.15, -0.1) is 0 Å². The first kappa shape index (κ1) is 29.1. The van der Waals surface area contributed by atoms with Gasteiger partial charge in [-0.1, -0.05) is 78.9 Å². The van der Waals surface area contributed by atoms with Gasteiger partial charge in [0.15, 0.2) is 5.57 Å². The lowest BCUT2D eigenvalue weighted by Crippen LogP contribution is -2.53. The van der Waals surface area contributed by atoms with Crippen molar-refractivity contribution in [3.05, 3.63) is 144 Å². The number of benzene rings is 4. The van der Waals surface area contributed by atoms with Gasteiger partial charge in [0.1, 0.15) is 17.3 Å². The van der Waals surface area contributed by atoms with Gasteiger partial charge in [0.05, 0.1) is 21.3 Å². The van der Waals surface area contributed by atoms with E-state index in [2.05, 4.69) is 5.32 Å². The van der Waals surface area contributed by atoms with Crippen LogP contribution >= 0.6 is 0 Å². The number of methoxy groups -OCH3 is 3. The number of carbonyl (C=O) groups is 2. The van der Waals surface area contributed by atoms with Gasteiger partial charge in [0.2, 0.25) is 0 Å². The van der Waals surface area contributed by atoms with Gasteiger partial charge in [-0.2, -0.15) is 5.06 Å². The highest BCUT2D eigenvalue weighted by Gasteiger charge is 2.63. The summed E-state index contributed by atoms with van der Waals surface area (Å²) in [4.78, 5) is 40.5. The van der Waals surface area contributed by atoms with Crippen molar-refractivity contribution in [2.45, 2.75) is 5.79 Å². The van der Waals surface area contributed by atoms with Crippen LogP contribution in [0.5, 0.6) is 5.75 Å². The number of nitrogens with zero attached hydrogens (tertiary/aromatic N) is 3. The van der Waals surface area contributed by atoms with E-state index in [4.69, 9.17) is 24.0 Å². The number of hydroxylamine groups is 2. The van der Waals surface area contributed by atoms with Crippen LogP contribution in [0.2, 0.25) is 0 Å². The summed E-state index contributed by atoms with van der Waals surface area (Å²) in [6.07, 6.45) is 1.82. The predicted octanol–water partition coefficient (Wildman–Crippen LogP) is 5.57. The molecule has 0 aliphatic carbocycles. The summed E-state index contributed by atoms with van der Waals surface area (Å²) in [5.41, 5.74) is 3.21. The van der Waals surface area contributed by atoms with E-state index in [9.17, 15) is 9.59 Å². The van der Waals surface area contributed by atoms with Crippen LogP contribution in [0, 0.1) is 0 Å². The van der Waals surface area contributed by atoms with Crippen LogP contribution in [-0.2, 0) is 23.9 Å². The second-order valence-corrected chi connectivity index (χ2v) is 9.97. The first-order chi connectivity index (χ1) is 22.0. The zero-order valence-corrected chi connectivity index (χ0v) is 24.8. The van der Waals surface area contributed by atoms with Crippen molar-refractivity contribution in [1.82, 2.24) is 5.06 Å². The minimum Gasteiger partial charge on any atom is -0.497 e. The Labute approximate surface area is 260 Å². The van der Waals surface area contributed by atoms with Crippen LogP contribution < -0.4 is 15.0 Å². The molecule has 6 rings (SSSR count). The van der Waals surface area contributed by atoms with Gasteiger partial charge in [-0.3, -0.25) is 4.90 Å². The van der Waals surface area contributed by atoms with E-state index in [1.54, 1.807) is 24.1 Å². The average molecular weight is 603 g/mol. The average Bonchev–Trinajstić information content (AvgIpc) is 3.60. The van der Waals surface area contributed by atoms with E-state index < -0.39 is 17.7 Å². The number of esters is 2. The molecule has 2 aliphatic rings. The largest absolute Gasteiger partial charge is 0.497 e. The molecule has 0 aromatic heterocycles. The summed E-state index contributed by atoms with van der Waals surface area (Å²) in [5.74, 6) is -2.82. The van der Waals surface area contributed by atoms with Crippen molar-refractivity contribution in [3.63, 3.8) is 0 Å². The summed E-state index contributed by atoms with van der Waals surface area (Å²) in [7, 11) is 4.04. The maximum Gasteiger partial charge on any atom is 0.377 e. The predicted molar refractivity (Wildman–Crippen MR) is 170 cm³/mol. The normalized spacial score (nSPS) is 17.3. The summed E-state index contributed by atoms with van der Waals surface area (Å²) in [6.45, 7) is 0. The van der Waals surface area contributed by atoms with Crippen LogP contribution in [-0.4, -0.2) is 50.0 Å². The molecule has 226 valence electrons. The number of hydrogen-bond acceptors (Lipinski definition) is 9. The molecule has 1 unspecified atom stereocenters. The van der Waals surface area contributed by atoms with Crippen LogP contribution in [0.1, 0.15) is 11.1 Å². The topological polar surface area (TPSA) is 102 Å². The quantitative estimate of drug-likeness (QED) is 0.157. The highest BCUT2D eigenvalue weighted by atomic mass is 16.7. The van der Waals surface area contributed by atoms with Crippen LogP contribution in [0.3, 0.4) is 0 Å². The second kappa shape index (κ2) is 12.3. The molecule has 0 radical (unpaired) electrons. The number of nitrogens with one attached hydrogen (secondary N) is 1. The number of aliphatic imine (C=N–C) groups is 1. The molecule has 0 spiro atoms. The SMILES string of the molecule is COC(=O)C1=C(C(=O)OC)C2(/N=C(/Nc3ccccc3)c3ccccc3)N(O1)C(c1ccccc1)=CN2c1ccc(OC)cc1. The molecule has 4 aromatic carbocycles. The molecule has 1 N–H and O–H groups in total. The number of rotatable bonds is 8. The molecule has 2 aliphatic heterocycles. The van der Waals surface area contributed by atoms with E-state index in [1.165, 1.54) is 19.3 Å². The Morgan fingerprint density at radius 2 is 1.36 bits per heavy atom. The zero-order valence-electron chi connectivity index (χ0n) is 24.8. The minimum atomic E-state index is -1.82. The van der Waals surface area contributed by atoms with Crippen molar-refractivity contribution < 1.29 is 28.6 Å². The summed E-state index contributed by atoms with van der Waals surface area (Å²) >= 11 is 0. The molecule has 0 saturated carbocycles. The van der Waals surface area contributed by atoms with E-state index >= 15 is 0 Å². The molecule has 0 amide bonds. The maximum absolute atomic E-state index is 13.8. The molecular weight excluding hydrogens is 572 g/mol. The Kier molecular flexibility index (Phi) is 7.94. The van der Waals surface area contributed by atoms with E-state index in [0.29, 0.717) is 28.5 Å². The number of carbonyl (C=O) groups excluding carboxylic acids is 2. The Morgan fingerprint density at radius 3 is 1.96 bits per heavy atom. The van der Waals surface area contributed by atoms with Crippen LogP contribution in [0.15, 0.2) is 138 Å². The molecule has 4 aromatic rings. The molecule has 10 heteroatoms. The van der Waals surface area contributed by atoms with Crippen LogP contribution in [0.25, 0.3) is 5.70 Å². The Hall–Kier alpha value is -6.03. The third-order valence-electron chi connectivity index (χ3n) is 7.37. The fourth-order valence-corrected chi connectivity index (χ4v) is 5.25. The van der Waals surface area contributed by atoms with Crippen molar-refractivity contribution in [2.24, 2.45) is 4.99 Å². The fourth-order valence-electron chi connectivity index (χ4n) is 5.25. The van der Waals surface area contributed by atoms with E-state index in [0.717, 1.165) is 11.3 Å². The highest BCUT2D eigenvalue weighted by molar-refractivity contribution is 6.10. The Balaban J connectivity index is 1.69. The molecular formula is C35H30N4O6. The fraction of sp³-hybridized carbons (Fsp3) is 0.114. The lowest BCUT2D eigenvalue weighted by molar-refractivity contribution is -0.150. The smallest absolute Gasteiger partial charge is 0.377 e. The number of amidine groups is 1. The number of fused-ring (bicyclic) bond motifs is 1.